The zero-order chi connectivity index (χ0) is 22.9. The van der Waals surface area contributed by atoms with Crippen LogP contribution in [0.25, 0.3) is 21.7 Å². The van der Waals surface area contributed by atoms with Crippen LogP contribution in [0.3, 0.4) is 0 Å². The lowest BCUT2D eigenvalue weighted by Gasteiger charge is -2.04. The Morgan fingerprint density at radius 3 is 2.28 bits per heavy atom. The molecule has 4 aromatic rings. The summed E-state index contributed by atoms with van der Waals surface area (Å²) in [5.41, 5.74) is 2.22. The summed E-state index contributed by atoms with van der Waals surface area (Å²) in [5, 5.41) is 8.57. The number of halogens is 2. The van der Waals surface area contributed by atoms with Crippen LogP contribution in [0.15, 0.2) is 77.7 Å². The molecular weight excluding hydrogens is 473 g/mol. The fourth-order valence-electron chi connectivity index (χ4n) is 2.96. The first-order chi connectivity index (χ1) is 15.2. The van der Waals surface area contributed by atoms with E-state index >= 15 is 0 Å². The number of aromatic nitrogens is 1. The van der Waals surface area contributed by atoms with Crippen LogP contribution in [0.1, 0.15) is 9.80 Å². The molecule has 32 heavy (non-hydrogen) atoms. The maximum Gasteiger partial charge on any atom is 0.284 e. The van der Waals surface area contributed by atoms with Gasteiger partial charge in [0.15, 0.2) is 5.01 Å². The van der Waals surface area contributed by atoms with Gasteiger partial charge < -0.3 is 5.32 Å². The first kappa shape index (κ1) is 22.1. The lowest BCUT2D eigenvalue weighted by Crippen LogP contribution is -2.11. The molecule has 162 valence electrons. The Morgan fingerprint density at radius 1 is 1.00 bits per heavy atom. The van der Waals surface area contributed by atoms with Gasteiger partial charge in [-0.15, -0.1) is 11.3 Å². The molecule has 3 N–H and O–H groups in total. The first-order valence-corrected chi connectivity index (χ1v) is 11.9. The Labute approximate surface area is 192 Å². The van der Waals surface area contributed by atoms with E-state index in [1.165, 1.54) is 24.3 Å². The standard InChI is InChI=1S/C22H15ClFN3O3S2/c23-15-2-1-3-17(12-15)26-21(28)22-27-19(13-4-8-16(24)9-5-13)20(31-22)14-6-10-18(11-7-14)32(25,29)30/h1-12H,(H,26,28)(H2,25,29,30). The molecule has 0 saturated carbocycles. The van der Waals surface area contributed by atoms with E-state index in [2.05, 4.69) is 10.3 Å². The van der Waals surface area contributed by atoms with E-state index < -0.39 is 21.7 Å². The summed E-state index contributed by atoms with van der Waals surface area (Å²) in [7, 11) is -3.84. The summed E-state index contributed by atoms with van der Waals surface area (Å²) in [5.74, 6) is -0.838. The number of nitrogens with zero attached hydrogens (tertiary/aromatic N) is 1. The van der Waals surface area contributed by atoms with E-state index in [1.54, 1.807) is 48.5 Å². The smallest absolute Gasteiger partial charge is 0.284 e. The molecular formula is C22H15ClFN3O3S2. The number of hydrogen-bond acceptors (Lipinski definition) is 5. The van der Waals surface area contributed by atoms with Gasteiger partial charge in [0.2, 0.25) is 10.0 Å². The summed E-state index contributed by atoms with van der Waals surface area (Å²) in [6.45, 7) is 0. The highest BCUT2D eigenvalue weighted by Crippen LogP contribution is 2.37. The van der Waals surface area contributed by atoms with Crippen LogP contribution in [0.5, 0.6) is 0 Å². The molecule has 0 spiro atoms. The number of sulfonamides is 1. The number of benzene rings is 3. The molecule has 0 aliphatic heterocycles. The van der Waals surface area contributed by atoms with E-state index in [1.807, 2.05) is 0 Å². The number of carbonyl (C=O) groups excluding carboxylic acids is 1. The second kappa shape index (κ2) is 8.79. The second-order valence-electron chi connectivity index (χ2n) is 6.74. The van der Waals surface area contributed by atoms with Crippen LogP contribution >= 0.6 is 22.9 Å². The van der Waals surface area contributed by atoms with Crippen LogP contribution < -0.4 is 10.5 Å². The van der Waals surface area contributed by atoms with Crippen molar-refractivity contribution in [3.63, 3.8) is 0 Å². The van der Waals surface area contributed by atoms with E-state index in [9.17, 15) is 17.6 Å². The Balaban J connectivity index is 1.76. The van der Waals surface area contributed by atoms with Crippen molar-refractivity contribution in [2.75, 3.05) is 5.32 Å². The van der Waals surface area contributed by atoms with Gasteiger partial charge in [0.05, 0.1) is 15.5 Å². The first-order valence-electron chi connectivity index (χ1n) is 9.17. The predicted molar refractivity (Wildman–Crippen MR) is 124 cm³/mol. The van der Waals surface area contributed by atoms with Gasteiger partial charge in [0.1, 0.15) is 5.82 Å². The van der Waals surface area contributed by atoms with Gasteiger partial charge in [-0.1, -0.05) is 29.8 Å². The summed E-state index contributed by atoms with van der Waals surface area (Å²) in [6.07, 6.45) is 0. The highest BCUT2D eigenvalue weighted by atomic mass is 35.5. The summed E-state index contributed by atoms with van der Waals surface area (Å²) in [6, 6.07) is 18.4. The van der Waals surface area contributed by atoms with Crippen molar-refractivity contribution < 1.29 is 17.6 Å². The van der Waals surface area contributed by atoms with Crippen molar-refractivity contribution in [2.45, 2.75) is 4.90 Å². The van der Waals surface area contributed by atoms with Gasteiger partial charge in [-0.05, 0) is 60.2 Å². The SMILES string of the molecule is NS(=O)(=O)c1ccc(-c2sc(C(=O)Nc3cccc(Cl)c3)nc2-c2ccc(F)cc2)cc1. The van der Waals surface area contributed by atoms with Gasteiger partial charge >= 0.3 is 0 Å². The molecule has 0 aliphatic carbocycles. The maximum absolute atomic E-state index is 13.4. The molecule has 0 atom stereocenters. The molecule has 1 amide bonds. The molecule has 0 saturated heterocycles. The molecule has 0 radical (unpaired) electrons. The van der Waals surface area contributed by atoms with Crippen molar-refractivity contribution >= 4 is 44.6 Å². The maximum atomic E-state index is 13.4. The molecule has 0 bridgehead atoms. The van der Waals surface area contributed by atoms with Crippen LogP contribution in [0.4, 0.5) is 10.1 Å². The molecule has 3 aromatic carbocycles. The number of hydrogen-bond donors (Lipinski definition) is 2. The molecule has 6 nitrogen and oxygen atoms in total. The zero-order valence-corrected chi connectivity index (χ0v) is 18.6. The minimum absolute atomic E-state index is 0.0342. The quantitative estimate of drug-likeness (QED) is 0.405. The van der Waals surface area contributed by atoms with E-state index in [0.717, 1.165) is 11.3 Å². The normalized spacial score (nSPS) is 11.3. The Morgan fingerprint density at radius 2 is 1.66 bits per heavy atom. The lowest BCUT2D eigenvalue weighted by atomic mass is 10.1. The number of anilines is 1. The summed E-state index contributed by atoms with van der Waals surface area (Å²) >= 11 is 7.10. The third-order valence-electron chi connectivity index (χ3n) is 4.47. The molecule has 4 rings (SSSR count). The largest absolute Gasteiger partial charge is 0.320 e. The van der Waals surface area contributed by atoms with Crippen LogP contribution in [-0.4, -0.2) is 19.3 Å². The predicted octanol–water partition coefficient (Wildman–Crippen LogP) is 5.17. The molecule has 0 unspecified atom stereocenters. The lowest BCUT2D eigenvalue weighted by molar-refractivity contribution is 0.102. The molecule has 1 heterocycles. The molecule has 1 aromatic heterocycles. The van der Waals surface area contributed by atoms with E-state index in [4.69, 9.17) is 16.7 Å². The van der Waals surface area contributed by atoms with E-state index in [-0.39, 0.29) is 9.90 Å². The van der Waals surface area contributed by atoms with Gasteiger partial charge in [0, 0.05) is 16.3 Å². The Hall–Kier alpha value is -3.11. The van der Waals surface area contributed by atoms with Crippen LogP contribution in [-0.2, 0) is 10.0 Å². The molecule has 10 heteroatoms. The van der Waals surface area contributed by atoms with Gasteiger partial charge in [-0.2, -0.15) is 0 Å². The van der Waals surface area contributed by atoms with Crippen molar-refractivity contribution in [3.8, 4) is 21.7 Å². The number of thiazole rings is 1. The minimum atomic E-state index is -3.84. The Bertz CT molecular complexity index is 1400. The third-order valence-corrected chi connectivity index (χ3v) is 6.73. The van der Waals surface area contributed by atoms with Crippen molar-refractivity contribution in [2.24, 2.45) is 5.14 Å². The van der Waals surface area contributed by atoms with Crippen molar-refractivity contribution in [1.82, 2.24) is 4.98 Å². The molecule has 0 fully saturated rings. The van der Waals surface area contributed by atoms with E-state index in [0.29, 0.717) is 32.4 Å². The number of primary sulfonamides is 1. The number of nitrogens with one attached hydrogen (secondary N) is 1. The van der Waals surface area contributed by atoms with Crippen LogP contribution in [0.2, 0.25) is 5.02 Å². The Kier molecular flexibility index (Phi) is 6.07. The van der Waals surface area contributed by atoms with Gasteiger partial charge in [-0.3, -0.25) is 4.79 Å². The van der Waals surface area contributed by atoms with Crippen molar-refractivity contribution in [3.05, 3.63) is 88.6 Å². The average Bonchev–Trinajstić information content (AvgIpc) is 3.19. The molecule has 0 aliphatic rings. The number of nitrogens with two attached hydrogens (primary N) is 1. The summed E-state index contributed by atoms with van der Waals surface area (Å²) < 4.78 is 36.6. The minimum Gasteiger partial charge on any atom is -0.320 e. The monoisotopic (exact) mass is 487 g/mol. The van der Waals surface area contributed by atoms with Crippen LogP contribution in [0, 0.1) is 5.82 Å². The van der Waals surface area contributed by atoms with Gasteiger partial charge in [0.25, 0.3) is 5.91 Å². The highest BCUT2D eigenvalue weighted by molar-refractivity contribution is 7.89. The number of carbonyl (C=O) groups is 1. The number of rotatable bonds is 5. The zero-order valence-electron chi connectivity index (χ0n) is 16.2. The number of amides is 1. The second-order valence-corrected chi connectivity index (χ2v) is 9.73. The highest BCUT2D eigenvalue weighted by Gasteiger charge is 2.20. The fourth-order valence-corrected chi connectivity index (χ4v) is 4.66. The third kappa shape index (κ3) is 4.86. The summed E-state index contributed by atoms with van der Waals surface area (Å²) in [4.78, 5) is 17.9. The van der Waals surface area contributed by atoms with Crippen molar-refractivity contribution in [1.29, 1.82) is 0 Å². The fraction of sp³-hybridized carbons (Fsp3) is 0. The topological polar surface area (TPSA) is 102 Å². The van der Waals surface area contributed by atoms with Gasteiger partial charge in [-0.25, -0.2) is 22.9 Å². The average molecular weight is 488 g/mol.